The summed E-state index contributed by atoms with van der Waals surface area (Å²) in [5.74, 6) is 2.81. The Kier molecular flexibility index (Phi) is 9.23. The molecule has 144 valence electrons. The van der Waals surface area contributed by atoms with Gasteiger partial charge >= 0.3 is 0 Å². The molecule has 0 saturated heterocycles. The van der Waals surface area contributed by atoms with Crippen LogP contribution in [0, 0.1) is 0 Å². The number of rotatable bonds is 12. The summed E-state index contributed by atoms with van der Waals surface area (Å²) in [6, 6.07) is 3.65. The number of nitrogens with zero attached hydrogens (tertiary/aromatic N) is 3. The maximum atomic E-state index is 5.43. The number of guanidine groups is 1. The fourth-order valence-electron chi connectivity index (χ4n) is 2.17. The Bertz CT molecular complexity index is 626. The minimum Gasteiger partial charge on any atom is -0.461 e. The molecule has 3 N–H and O–H groups in total. The second-order valence-electron chi connectivity index (χ2n) is 5.48. The second kappa shape index (κ2) is 12.0. The molecule has 9 nitrogen and oxygen atoms in total. The predicted molar refractivity (Wildman–Crippen MR) is 99.1 cm³/mol. The fourth-order valence-corrected chi connectivity index (χ4v) is 2.17. The van der Waals surface area contributed by atoms with Crippen molar-refractivity contribution in [1.82, 2.24) is 25.8 Å². The van der Waals surface area contributed by atoms with E-state index in [9.17, 15) is 0 Å². The molecule has 0 bridgehead atoms. The van der Waals surface area contributed by atoms with Crippen LogP contribution >= 0.6 is 0 Å². The summed E-state index contributed by atoms with van der Waals surface area (Å²) in [6.45, 7) is 6.17. The first-order valence-corrected chi connectivity index (χ1v) is 8.87. The zero-order valence-corrected chi connectivity index (χ0v) is 15.5. The third-order valence-electron chi connectivity index (χ3n) is 3.42. The van der Waals surface area contributed by atoms with E-state index in [1.54, 1.807) is 13.4 Å². The molecular formula is C17H28N6O3. The Morgan fingerprint density at radius 3 is 3.00 bits per heavy atom. The predicted octanol–water partition coefficient (Wildman–Crippen LogP) is 1.22. The SMILES string of the molecule is CCNC(=NCCCOCCOC)NCCc1nc(-c2ccco2)n[nH]1. The molecule has 0 aliphatic heterocycles. The number of methoxy groups -OCH3 is 1. The van der Waals surface area contributed by atoms with E-state index >= 15 is 0 Å². The third-order valence-corrected chi connectivity index (χ3v) is 3.42. The fraction of sp³-hybridized carbons (Fsp3) is 0.588. The van der Waals surface area contributed by atoms with Crippen LogP contribution in [0.25, 0.3) is 11.6 Å². The van der Waals surface area contributed by atoms with Gasteiger partial charge in [-0.3, -0.25) is 10.1 Å². The Labute approximate surface area is 153 Å². The Morgan fingerprint density at radius 1 is 1.31 bits per heavy atom. The molecule has 0 fully saturated rings. The molecule has 26 heavy (non-hydrogen) atoms. The van der Waals surface area contributed by atoms with Gasteiger partial charge in [0.05, 0.1) is 19.5 Å². The Balaban J connectivity index is 1.68. The topological polar surface area (TPSA) is 110 Å². The van der Waals surface area contributed by atoms with Crippen molar-refractivity contribution in [2.45, 2.75) is 19.8 Å². The molecule has 2 aromatic heterocycles. The molecule has 0 aliphatic rings. The number of nitrogens with one attached hydrogen (secondary N) is 3. The lowest BCUT2D eigenvalue weighted by Crippen LogP contribution is -2.38. The van der Waals surface area contributed by atoms with Crippen LogP contribution in [-0.4, -0.2) is 67.7 Å². The normalized spacial score (nSPS) is 11.7. The van der Waals surface area contributed by atoms with Gasteiger partial charge in [-0.1, -0.05) is 0 Å². The lowest BCUT2D eigenvalue weighted by molar-refractivity contribution is 0.0702. The molecule has 2 heterocycles. The van der Waals surface area contributed by atoms with Crippen LogP contribution in [0.15, 0.2) is 27.8 Å². The molecule has 0 spiro atoms. The first-order valence-electron chi connectivity index (χ1n) is 8.87. The van der Waals surface area contributed by atoms with Gasteiger partial charge in [0.1, 0.15) is 5.82 Å². The van der Waals surface area contributed by atoms with E-state index in [0.29, 0.717) is 50.9 Å². The molecule has 0 amide bonds. The van der Waals surface area contributed by atoms with Crippen LogP contribution in [0.3, 0.4) is 0 Å². The van der Waals surface area contributed by atoms with Crippen LogP contribution in [-0.2, 0) is 15.9 Å². The highest BCUT2D eigenvalue weighted by atomic mass is 16.5. The molecule has 0 radical (unpaired) electrons. The third kappa shape index (κ3) is 7.24. The average Bonchev–Trinajstić information content (AvgIpc) is 3.32. The van der Waals surface area contributed by atoms with Crippen molar-refractivity contribution in [3.8, 4) is 11.6 Å². The van der Waals surface area contributed by atoms with Crippen molar-refractivity contribution in [2.75, 3.05) is 46.6 Å². The van der Waals surface area contributed by atoms with Crippen LogP contribution in [0.2, 0.25) is 0 Å². The zero-order chi connectivity index (χ0) is 18.5. The van der Waals surface area contributed by atoms with Gasteiger partial charge in [-0.15, -0.1) is 0 Å². The Morgan fingerprint density at radius 2 is 2.23 bits per heavy atom. The van der Waals surface area contributed by atoms with Gasteiger partial charge < -0.3 is 24.5 Å². The summed E-state index contributed by atoms with van der Waals surface area (Å²) in [6.07, 6.45) is 3.18. The number of aromatic nitrogens is 3. The highest BCUT2D eigenvalue weighted by Crippen LogP contribution is 2.14. The average molecular weight is 364 g/mol. The van der Waals surface area contributed by atoms with Gasteiger partial charge in [-0.25, -0.2) is 4.98 Å². The molecular weight excluding hydrogens is 336 g/mol. The van der Waals surface area contributed by atoms with Crippen molar-refractivity contribution in [3.63, 3.8) is 0 Å². The number of hydrogen-bond acceptors (Lipinski definition) is 6. The summed E-state index contributed by atoms with van der Waals surface area (Å²) < 4.78 is 15.6. The summed E-state index contributed by atoms with van der Waals surface area (Å²) in [4.78, 5) is 8.95. The standard InChI is InChI=1S/C17H28N6O3/c1-3-18-17(19-8-5-10-25-13-12-24-2)20-9-7-15-21-16(23-22-15)14-6-4-11-26-14/h4,6,11H,3,5,7-10,12-13H2,1-2H3,(H2,18,19,20)(H,21,22,23). The van der Waals surface area contributed by atoms with Crippen LogP contribution in [0.4, 0.5) is 0 Å². The number of aliphatic imine (C=N–C) groups is 1. The molecule has 0 unspecified atom stereocenters. The number of furan rings is 1. The van der Waals surface area contributed by atoms with Crippen molar-refractivity contribution >= 4 is 5.96 Å². The molecule has 2 rings (SSSR count). The van der Waals surface area contributed by atoms with E-state index in [-0.39, 0.29) is 0 Å². The largest absolute Gasteiger partial charge is 0.461 e. The van der Waals surface area contributed by atoms with Crippen molar-refractivity contribution < 1.29 is 13.9 Å². The van der Waals surface area contributed by atoms with E-state index in [1.807, 2.05) is 19.1 Å². The summed E-state index contributed by atoms with van der Waals surface area (Å²) >= 11 is 0. The number of ether oxygens (including phenoxy) is 2. The van der Waals surface area contributed by atoms with E-state index in [0.717, 1.165) is 24.7 Å². The van der Waals surface area contributed by atoms with Crippen molar-refractivity contribution in [1.29, 1.82) is 0 Å². The van der Waals surface area contributed by atoms with E-state index in [2.05, 4.69) is 30.8 Å². The number of aromatic amines is 1. The summed E-state index contributed by atoms with van der Waals surface area (Å²) in [5, 5.41) is 13.6. The lowest BCUT2D eigenvalue weighted by Gasteiger charge is -2.10. The maximum Gasteiger partial charge on any atom is 0.216 e. The van der Waals surface area contributed by atoms with Gasteiger partial charge in [-0.2, -0.15) is 5.10 Å². The van der Waals surface area contributed by atoms with Crippen molar-refractivity contribution in [3.05, 3.63) is 24.2 Å². The van der Waals surface area contributed by atoms with Gasteiger partial charge in [0.15, 0.2) is 11.7 Å². The molecule has 0 atom stereocenters. The van der Waals surface area contributed by atoms with Crippen LogP contribution < -0.4 is 10.6 Å². The van der Waals surface area contributed by atoms with Gasteiger partial charge in [0.25, 0.3) is 0 Å². The quantitative estimate of drug-likeness (QED) is 0.295. The number of hydrogen-bond donors (Lipinski definition) is 3. The number of H-pyrrole nitrogens is 1. The van der Waals surface area contributed by atoms with E-state index in [1.165, 1.54) is 0 Å². The van der Waals surface area contributed by atoms with Crippen LogP contribution in [0.1, 0.15) is 19.2 Å². The smallest absolute Gasteiger partial charge is 0.216 e. The minimum absolute atomic E-state index is 0.569. The first kappa shape index (κ1) is 19.9. The second-order valence-corrected chi connectivity index (χ2v) is 5.48. The van der Waals surface area contributed by atoms with E-state index < -0.39 is 0 Å². The molecule has 2 aromatic rings. The molecule has 0 saturated carbocycles. The van der Waals surface area contributed by atoms with Crippen LogP contribution in [0.5, 0.6) is 0 Å². The van der Waals surface area contributed by atoms with Crippen molar-refractivity contribution in [2.24, 2.45) is 4.99 Å². The highest BCUT2D eigenvalue weighted by Gasteiger charge is 2.08. The lowest BCUT2D eigenvalue weighted by atomic mass is 10.4. The minimum atomic E-state index is 0.569. The first-order chi connectivity index (χ1) is 12.8. The summed E-state index contributed by atoms with van der Waals surface area (Å²) in [5.41, 5.74) is 0. The van der Waals surface area contributed by atoms with E-state index in [4.69, 9.17) is 13.9 Å². The monoisotopic (exact) mass is 364 g/mol. The Hall–Kier alpha value is -2.39. The van der Waals surface area contributed by atoms with Gasteiger partial charge in [0.2, 0.25) is 5.82 Å². The zero-order valence-electron chi connectivity index (χ0n) is 15.5. The summed E-state index contributed by atoms with van der Waals surface area (Å²) in [7, 11) is 1.67. The molecule has 9 heteroatoms. The highest BCUT2D eigenvalue weighted by molar-refractivity contribution is 5.79. The maximum absolute atomic E-state index is 5.43. The van der Waals surface area contributed by atoms with Gasteiger partial charge in [-0.05, 0) is 25.5 Å². The molecule has 0 aromatic carbocycles. The molecule has 0 aliphatic carbocycles. The van der Waals surface area contributed by atoms with Gasteiger partial charge in [0, 0.05) is 39.8 Å².